The fraction of sp³-hybridized carbons (Fsp3) is 0.174. The number of halogens is 1. The second-order valence-corrected chi connectivity index (χ2v) is 8.06. The van der Waals surface area contributed by atoms with E-state index in [0.717, 1.165) is 22.6 Å². The van der Waals surface area contributed by atoms with Gasteiger partial charge in [-0.2, -0.15) is 0 Å². The van der Waals surface area contributed by atoms with Crippen molar-refractivity contribution in [3.05, 3.63) is 66.6 Å². The summed E-state index contributed by atoms with van der Waals surface area (Å²) >= 11 is 0. The van der Waals surface area contributed by atoms with Crippen LogP contribution in [0.2, 0.25) is 0 Å². The van der Waals surface area contributed by atoms with Gasteiger partial charge in [0.25, 0.3) is 0 Å². The molecule has 8 heteroatoms. The molecule has 3 heterocycles. The van der Waals surface area contributed by atoms with Gasteiger partial charge in [0.2, 0.25) is 0 Å². The molecule has 0 unspecified atom stereocenters. The fourth-order valence-electron chi connectivity index (χ4n) is 3.84. The van der Waals surface area contributed by atoms with E-state index in [9.17, 15) is 4.39 Å². The molecule has 1 saturated heterocycles. The Morgan fingerprint density at radius 1 is 1.19 bits per heavy atom. The van der Waals surface area contributed by atoms with Crippen LogP contribution < -0.4 is 16.0 Å². The summed E-state index contributed by atoms with van der Waals surface area (Å²) in [6, 6.07) is 13.4. The Balaban J connectivity index is 1.45. The van der Waals surface area contributed by atoms with Gasteiger partial charge in [-0.25, -0.2) is 14.4 Å². The van der Waals surface area contributed by atoms with E-state index >= 15 is 0 Å². The molecular formula is C23H22FN7. The van der Waals surface area contributed by atoms with Crippen molar-refractivity contribution in [2.45, 2.75) is 12.6 Å². The van der Waals surface area contributed by atoms with Crippen molar-refractivity contribution >= 4 is 34.7 Å². The van der Waals surface area contributed by atoms with Gasteiger partial charge >= 0.3 is 0 Å². The van der Waals surface area contributed by atoms with E-state index in [1.165, 1.54) is 6.21 Å². The molecule has 0 aliphatic carbocycles. The van der Waals surface area contributed by atoms with Crippen LogP contribution in [0.1, 0.15) is 12.5 Å². The van der Waals surface area contributed by atoms with Crippen molar-refractivity contribution in [2.75, 3.05) is 29.0 Å². The molecular weight excluding hydrogens is 393 g/mol. The minimum Gasteiger partial charge on any atom is -0.398 e. The van der Waals surface area contributed by atoms with Crippen LogP contribution in [0.3, 0.4) is 0 Å². The van der Waals surface area contributed by atoms with Crippen LogP contribution in [0.4, 0.5) is 27.3 Å². The van der Waals surface area contributed by atoms with Crippen molar-refractivity contribution in [2.24, 2.45) is 0 Å². The van der Waals surface area contributed by atoms with Gasteiger partial charge < -0.3 is 25.8 Å². The van der Waals surface area contributed by atoms with Gasteiger partial charge in [0, 0.05) is 53.0 Å². The zero-order valence-electron chi connectivity index (χ0n) is 17.0. The molecule has 1 aliphatic rings. The number of hydrogen-bond donors (Lipinski definition) is 3. The molecule has 4 N–H and O–H groups in total. The van der Waals surface area contributed by atoms with E-state index < -0.39 is 5.67 Å². The molecule has 1 fully saturated rings. The van der Waals surface area contributed by atoms with Crippen LogP contribution in [-0.4, -0.2) is 39.3 Å². The summed E-state index contributed by atoms with van der Waals surface area (Å²) in [4.78, 5) is 11.2. The summed E-state index contributed by atoms with van der Waals surface area (Å²) in [5.74, 6) is 0.616. The van der Waals surface area contributed by atoms with Gasteiger partial charge in [0.1, 0.15) is 5.67 Å². The third kappa shape index (κ3) is 3.56. The first kappa shape index (κ1) is 19.0. The Morgan fingerprint density at radius 2 is 1.97 bits per heavy atom. The number of nitrogens with two attached hydrogens (primary N) is 1. The van der Waals surface area contributed by atoms with Crippen LogP contribution in [0.15, 0.2) is 61.1 Å². The van der Waals surface area contributed by atoms with Crippen LogP contribution in [0, 0.1) is 5.41 Å². The molecule has 0 bridgehead atoms. The van der Waals surface area contributed by atoms with E-state index in [1.807, 2.05) is 64.2 Å². The molecule has 2 aromatic heterocycles. The molecule has 0 spiro atoms. The van der Waals surface area contributed by atoms with Crippen molar-refractivity contribution in [1.82, 2.24) is 14.4 Å². The van der Waals surface area contributed by atoms with Gasteiger partial charge in [-0.15, -0.1) is 0 Å². The van der Waals surface area contributed by atoms with Crippen molar-refractivity contribution in [3.8, 4) is 11.3 Å². The second kappa shape index (κ2) is 7.09. The lowest BCUT2D eigenvalue weighted by Crippen LogP contribution is -2.57. The average Bonchev–Trinajstić information content (AvgIpc) is 3.21. The molecule has 156 valence electrons. The summed E-state index contributed by atoms with van der Waals surface area (Å²) in [6.45, 7) is 2.45. The van der Waals surface area contributed by atoms with E-state index in [0.29, 0.717) is 35.8 Å². The normalized spacial score (nSPS) is 15.0. The fourth-order valence-corrected chi connectivity index (χ4v) is 3.84. The number of aromatic nitrogens is 3. The summed E-state index contributed by atoms with van der Waals surface area (Å²) in [7, 11) is 0. The Morgan fingerprint density at radius 3 is 2.65 bits per heavy atom. The number of benzene rings is 2. The quantitative estimate of drug-likeness (QED) is 0.334. The highest BCUT2D eigenvalue weighted by Gasteiger charge is 2.38. The molecule has 5 rings (SSSR count). The maximum atomic E-state index is 13.8. The lowest BCUT2D eigenvalue weighted by Gasteiger charge is -2.43. The molecule has 4 aromatic rings. The Labute approximate surface area is 178 Å². The van der Waals surface area contributed by atoms with Gasteiger partial charge in [-0.1, -0.05) is 12.1 Å². The number of nitrogen functional groups attached to an aromatic ring is 1. The maximum Gasteiger partial charge on any atom is 0.180 e. The first-order chi connectivity index (χ1) is 14.9. The van der Waals surface area contributed by atoms with E-state index in [4.69, 9.17) is 16.1 Å². The first-order valence-corrected chi connectivity index (χ1v) is 9.97. The summed E-state index contributed by atoms with van der Waals surface area (Å²) in [5, 5.41) is 10.8. The molecule has 0 saturated carbocycles. The van der Waals surface area contributed by atoms with Crippen molar-refractivity contribution in [3.63, 3.8) is 0 Å². The third-order valence-electron chi connectivity index (χ3n) is 5.45. The van der Waals surface area contributed by atoms with Crippen LogP contribution >= 0.6 is 0 Å². The predicted octanol–water partition coefficient (Wildman–Crippen LogP) is 4.27. The van der Waals surface area contributed by atoms with Gasteiger partial charge in [0.05, 0.1) is 18.8 Å². The number of rotatable bonds is 5. The first-order valence-electron chi connectivity index (χ1n) is 9.97. The highest BCUT2D eigenvalue weighted by Crippen LogP contribution is 2.32. The Bertz CT molecular complexity index is 1270. The number of hydrogen-bond acceptors (Lipinski definition) is 6. The number of nitrogens with one attached hydrogen (secondary N) is 2. The number of alkyl halides is 1. The molecule has 0 amide bonds. The zero-order chi connectivity index (χ0) is 21.6. The van der Waals surface area contributed by atoms with E-state index in [2.05, 4.69) is 10.3 Å². The third-order valence-corrected chi connectivity index (χ3v) is 5.45. The smallest absolute Gasteiger partial charge is 0.180 e. The van der Waals surface area contributed by atoms with Gasteiger partial charge in [-0.05, 0) is 37.3 Å². The minimum absolute atomic E-state index is 0.415. The lowest BCUT2D eigenvalue weighted by atomic mass is 9.98. The molecule has 0 atom stereocenters. The predicted molar refractivity (Wildman–Crippen MR) is 122 cm³/mol. The van der Waals surface area contributed by atoms with Crippen LogP contribution in [-0.2, 0) is 0 Å². The largest absolute Gasteiger partial charge is 0.398 e. The topological polar surface area (TPSA) is 95.3 Å². The van der Waals surface area contributed by atoms with Gasteiger partial charge in [0.15, 0.2) is 11.5 Å². The zero-order valence-corrected chi connectivity index (χ0v) is 17.0. The Hall–Kier alpha value is -3.94. The summed E-state index contributed by atoms with van der Waals surface area (Å²) < 4.78 is 15.7. The summed E-state index contributed by atoms with van der Waals surface area (Å²) in [5.41, 5.74) is 10.3. The molecule has 7 nitrogen and oxygen atoms in total. The molecule has 31 heavy (non-hydrogen) atoms. The number of nitrogens with zero attached hydrogens (tertiary/aromatic N) is 4. The van der Waals surface area contributed by atoms with Crippen LogP contribution in [0.5, 0.6) is 0 Å². The molecule has 1 aliphatic heterocycles. The number of fused-ring (bicyclic) bond motifs is 1. The Kier molecular flexibility index (Phi) is 4.35. The van der Waals surface area contributed by atoms with Crippen LogP contribution in [0.25, 0.3) is 16.9 Å². The van der Waals surface area contributed by atoms with Crippen molar-refractivity contribution < 1.29 is 4.39 Å². The highest BCUT2D eigenvalue weighted by molar-refractivity contribution is 5.87. The second-order valence-electron chi connectivity index (χ2n) is 8.06. The van der Waals surface area contributed by atoms with Crippen molar-refractivity contribution in [1.29, 1.82) is 5.41 Å². The maximum absolute atomic E-state index is 13.8. The van der Waals surface area contributed by atoms with Gasteiger partial charge in [-0.3, -0.25) is 0 Å². The minimum atomic E-state index is -1.10. The number of anilines is 4. The standard InChI is InChI=1S/C23H22FN7/c1-23(24)13-31(14-23)18-6-4-17(5-7-18)28-21-22-27-8-9-30(22)12-20(29-21)15-2-3-16(11-25)19(26)10-15/h2-12,25H,13-14,26H2,1H3,(H,28,29). The molecule has 0 radical (unpaired) electrons. The monoisotopic (exact) mass is 415 g/mol. The molecule has 2 aromatic carbocycles. The SMILES string of the molecule is CC1(F)CN(c2ccc(Nc3nc(-c4ccc(C=N)c(N)c4)cn4ccnc34)cc2)C1. The number of imidazole rings is 1. The average molecular weight is 415 g/mol. The lowest BCUT2D eigenvalue weighted by molar-refractivity contribution is 0.144. The summed E-state index contributed by atoms with van der Waals surface area (Å²) in [6.07, 6.45) is 6.71. The highest BCUT2D eigenvalue weighted by atomic mass is 19.1. The van der Waals surface area contributed by atoms with E-state index in [-0.39, 0.29) is 0 Å². The van der Waals surface area contributed by atoms with E-state index in [1.54, 1.807) is 13.1 Å².